The standard InChI is InChI=1S/C26H24N4O3S/c1-18(31)30(21-7-3-2-4-8-21)26-27-20(17-34-26)11-12-24(32)29-15-13-19(14-16-29)25-28-22-9-5-6-10-23(22)33-25/h2-12,17,19H,13-16H2,1H3/b12-11+. The van der Waals surface area contributed by atoms with Crippen molar-refractivity contribution in [2.24, 2.45) is 0 Å². The van der Waals surface area contributed by atoms with Gasteiger partial charge in [0, 0.05) is 37.4 Å². The summed E-state index contributed by atoms with van der Waals surface area (Å²) in [4.78, 5) is 37.5. The molecule has 34 heavy (non-hydrogen) atoms. The number of benzene rings is 2. The fourth-order valence-electron chi connectivity index (χ4n) is 4.13. The molecule has 2 aromatic heterocycles. The molecule has 172 valence electrons. The first-order valence-corrected chi connectivity index (χ1v) is 12.1. The van der Waals surface area contributed by atoms with Crippen LogP contribution in [0.4, 0.5) is 10.8 Å². The maximum atomic E-state index is 12.7. The predicted octanol–water partition coefficient (Wildman–Crippen LogP) is 5.39. The zero-order valence-corrected chi connectivity index (χ0v) is 19.6. The van der Waals surface area contributed by atoms with Crippen molar-refractivity contribution in [3.05, 3.63) is 77.6 Å². The number of para-hydroxylation sites is 3. The second-order valence-electron chi connectivity index (χ2n) is 8.20. The quantitative estimate of drug-likeness (QED) is 0.364. The van der Waals surface area contributed by atoms with Crippen LogP contribution >= 0.6 is 11.3 Å². The zero-order chi connectivity index (χ0) is 23.5. The lowest BCUT2D eigenvalue weighted by atomic mass is 9.97. The van der Waals surface area contributed by atoms with Gasteiger partial charge in [-0.3, -0.25) is 14.5 Å². The molecule has 1 saturated heterocycles. The number of amides is 2. The summed E-state index contributed by atoms with van der Waals surface area (Å²) >= 11 is 1.37. The van der Waals surface area contributed by atoms with Gasteiger partial charge in [0.25, 0.3) is 0 Å². The number of hydrogen-bond acceptors (Lipinski definition) is 6. The molecule has 0 radical (unpaired) electrons. The second-order valence-corrected chi connectivity index (χ2v) is 9.03. The lowest BCUT2D eigenvalue weighted by Gasteiger charge is -2.29. The van der Waals surface area contributed by atoms with Gasteiger partial charge in [-0.2, -0.15) is 0 Å². The summed E-state index contributed by atoms with van der Waals surface area (Å²) in [6, 6.07) is 17.2. The Morgan fingerprint density at radius 1 is 1.06 bits per heavy atom. The average Bonchev–Trinajstić information content (AvgIpc) is 3.50. The number of carbonyl (C=O) groups excluding carboxylic acids is 2. The topological polar surface area (TPSA) is 79.5 Å². The van der Waals surface area contributed by atoms with E-state index in [1.54, 1.807) is 17.1 Å². The first kappa shape index (κ1) is 22.0. The van der Waals surface area contributed by atoms with E-state index in [1.165, 1.54) is 18.3 Å². The SMILES string of the molecule is CC(=O)N(c1ccccc1)c1nc(/C=C/C(=O)N2CCC(c3nc4ccccc4o3)CC2)cs1. The van der Waals surface area contributed by atoms with Crippen LogP contribution in [0.3, 0.4) is 0 Å². The van der Waals surface area contributed by atoms with Gasteiger partial charge in [-0.25, -0.2) is 9.97 Å². The summed E-state index contributed by atoms with van der Waals surface area (Å²) in [6.07, 6.45) is 4.90. The van der Waals surface area contributed by atoms with Crippen molar-refractivity contribution in [3.8, 4) is 0 Å². The van der Waals surface area contributed by atoms with Crippen LogP contribution in [-0.4, -0.2) is 39.8 Å². The van der Waals surface area contributed by atoms with Gasteiger partial charge in [0.15, 0.2) is 16.6 Å². The molecule has 0 aliphatic carbocycles. The van der Waals surface area contributed by atoms with Gasteiger partial charge < -0.3 is 9.32 Å². The van der Waals surface area contributed by atoms with Gasteiger partial charge in [-0.05, 0) is 43.2 Å². The molecule has 0 unspecified atom stereocenters. The second kappa shape index (κ2) is 9.61. The number of oxazole rings is 1. The number of hydrogen-bond donors (Lipinski definition) is 0. The number of carbonyl (C=O) groups is 2. The number of fused-ring (bicyclic) bond motifs is 1. The van der Waals surface area contributed by atoms with Gasteiger partial charge >= 0.3 is 0 Å². The van der Waals surface area contributed by atoms with Crippen molar-refractivity contribution >= 4 is 51.1 Å². The van der Waals surface area contributed by atoms with E-state index in [0.717, 1.165) is 35.5 Å². The zero-order valence-electron chi connectivity index (χ0n) is 18.8. The Labute approximate surface area is 201 Å². The molecule has 0 saturated carbocycles. The molecular weight excluding hydrogens is 448 g/mol. The van der Waals surface area contributed by atoms with Gasteiger partial charge in [-0.1, -0.05) is 30.3 Å². The summed E-state index contributed by atoms with van der Waals surface area (Å²) in [5.41, 5.74) is 3.09. The fourth-order valence-corrected chi connectivity index (χ4v) is 4.99. The van der Waals surface area contributed by atoms with E-state index in [0.29, 0.717) is 23.9 Å². The summed E-state index contributed by atoms with van der Waals surface area (Å²) < 4.78 is 5.92. The van der Waals surface area contributed by atoms with Crippen LogP contribution in [0.5, 0.6) is 0 Å². The van der Waals surface area contributed by atoms with E-state index >= 15 is 0 Å². The average molecular weight is 473 g/mol. The third kappa shape index (κ3) is 4.63. The lowest BCUT2D eigenvalue weighted by molar-refractivity contribution is -0.127. The minimum Gasteiger partial charge on any atom is -0.440 e. The Hall–Kier alpha value is -3.78. The van der Waals surface area contributed by atoms with E-state index in [2.05, 4.69) is 9.97 Å². The highest BCUT2D eigenvalue weighted by Crippen LogP contribution is 2.31. The first-order chi connectivity index (χ1) is 16.6. The third-order valence-corrected chi connectivity index (χ3v) is 6.74. The molecule has 2 amide bonds. The molecule has 1 fully saturated rings. The summed E-state index contributed by atoms with van der Waals surface area (Å²) in [5, 5.41) is 2.42. The third-order valence-electron chi connectivity index (χ3n) is 5.89. The van der Waals surface area contributed by atoms with Crippen molar-refractivity contribution in [3.63, 3.8) is 0 Å². The van der Waals surface area contributed by atoms with Gasteiger partial charge in [0.1, 0.15) is 5.52 Å². The highest BCUT2D eigenvalue weighted by Gasteiger charge is 2.26. The van der Waals surface area contributed by atoms with Crippen molar-refractivity contribution in [2.75, 3.05) is 18.0 Å². The Kier molecular flexibility index (Phi) is 6.22. The Bertz CT molecular complexity index is 1300. The molecule has 0 atom stereocenters. The van der Waals surface area contributed by atoms with Crippen molar-refractivity contribution in [2.45, 2.75) is 25.7 Å². The van der Waals surface area contributed by atoms with Crippen LogP contribution in [0, 0.1) is 0 Å². The highest BCUT2D eigenvalue weighted by molar-refractivity contribution is 7.14. The molecule has 0 spiro atoms. The minimum absolute atomic E-state index is 0.0444. The van der Waals surface area contributed by atoms with E-state index in [9.17, 15) is 9.59 Å². The summed E-state index contributed by atoms with van der Waals surface area (Å²) in [6.45, 7) is 2.82. The number of nitrogens with zero attached hydrogens (tertiary/aromatic N) is 4. The van der Waals surface area contributed by atoms with Crippen LogP contribution in [0.15, 0.2) is 70.5 Å². The lowest BCUT2D eigenvalue weighted by Crippen LogP contribution is -2.36. The maximum absolute atomic E-state index is 12.7. The van der Waals surface area contributed by atoms with Crippen molar-refractivity contribution in [1.82, 2.24) is 14.9 Å². The van der Waals surface area contributed by atoms with Crippen molar-refractivity contribution < 1.29 is 14.0 Å². The number of anilines is 2. The normalized spacial score (nSPS) is 14.7. The van der Waals surface area contributed by atoms with E-state index in [-0.39, 0.29) is 17.7 Å². The monoisotopic (exact) mass is 472 g/mol. The molecule has 7 nitrogen and oxygen atoms in total. The fraction of sp³-hybridized carbons (Fsp3) is 0.231. The smallest absolute Gasteiger partial charge is 0.246 e. The number of piperidine rings is 1. The van der Waals surface area contributed by atoms with Crippen LogP contribution < -0.4 is 4.90 Å². The van der Waals surface area contributed by atoms with Crippen molar-refractivity contribution in [1.29, 1.82) is 0 Å². The maximum Gasteiger partial charge on any atom is 0.246 e. The Morgan fingerprint density at radius 3 is 2.53 bits per heavy atom. The predicted molar refractivity (Wildman–Crippen MR) is 133 cm³/mol. The van der Waals surface area contributed by atoms with Gasteiger partial charge in [0.2, 0.25) is 11.8 Å². The van der Waals surface area contributed by atoms with E-state index in [4.69, 9.17) is 4.42 Å². The molecule has 3 heterocycles. The first-order valence-electron chi connectivity index (χ1n) is 11.2. The number of rotatable bonds is 5. The Morgan fingerprint density at radius 2 is 1.79 bits per heavy atom. The Balaban J connectivity index is 1.21. The summed E-state index contributed by atoms with van der Waals surface area (Å²) in [5.74, 6) is 0.815. The van der Waals surface area contributed by atoms with E-state index < -0.39 is 0 Å². The minimum atomic E-state index is -0.117. The van der Waals surface area contributed by atoms with Crippen LogP contribution in [0.1, 0.15) is 37.3 Å². The van der Waals surface area contributed by atoms with Gasteiger partial charge in [-0.15, -0.1) is 11.3 Å². The molecular formula is C26H24N4O3S. The molecule has 0 N–H and O–H groups in total. The van der Waals surface area contributed by atoms with Crippen LogP contribution in [-0.2, 0) is 9.59 Å². The number of thiazole rings is 1. The van der Waals surface area contributed by atoms with Crippen LogP contribution in [0.25, 0.3) is 17.2 Å². The summed E-state index contributed by atoms with van der Waals surface area (Å²) in [7, 11) is 0. The van der Waals surface area contributed by atoms with Gasteiger partial charge in [0.05, 0.1) is 11.4 Å². The van der Waals surface area contributed by atoms with Crippen LogP contribution in [0.2, 0.25) is 0 Å². The number of aromatic nitrogens is 2. The molecule has 1 aliphatic heterocycles. The molecule has 0 bridgehead atoms. The molecule has 8 heteroatoms. The van der Waals surface area contributed by atoms with E-state index in [1.807, 2.05) is 64.9 Å². The molecule has 5 rings (SSSR count). The molecule has 2 aromatic carbocycles. The highest BCUT2D eigenvalue weighted by atomic mass is 32.1. The number of likely N-dealkylation sites (tertiary alicyclic amines) is 1. The largest absolute Gasteiger partial charge is 0.440 e. The molecule has 4 aromatic rings. The molecule has 1 aliphatic rings.